The van der Waals surface area contributed by atoms with Crippen LogP contribution in [0.4, 0.5) is 0 Å². The molecule has 182 valence electrons. The third-order valence-electron chi connectivity index (χ3n) is 5.49. The quantitative estimate of drug-likeness (QED) is 0.241. The van der Waals surface area contributed by atoms with Crippen LogP contribution in [0.3, 0.4) is 0 Å². The molecule has 0 bridgehead atoms. The van der Waals surface area contributed by atoms with Crippen LogP contribution in [-0.4, -0.2) is 56.8 Å². The highest BCUT2D eigenvalue weighted by Gasteiger charge is 2.23. The Labute approximate surface area is 219 Å². The fourth-order valence-corrected chi connectivity index (χ4v) is 4.48. The zero-order valence-corrected chi connectivity index (χ0v) is 20.8. The summed E-state index contributed by atoms with van der Waals surface area (Å²) in [6, 6.07) is 10.8. The predicted molar refractivity (Wildman–Crippen MR) is 143 cm³/mol. The third-order valence-corrected chi connectivity index (χ3v) is 6.47. The first-order chi connectivity index (χ1) is 18.7. The lowest BCUT2D eigenvalue weighted by Gasteiger charge is -2.10. The van der Waals surface area contributed by atoms with Crippen LogP contribution in [0.15, 0.2) is 91.5 Å². The van der Waals surface area contributed by atoms with E-state index in [0.717, 1.165) is 11.7 Å². The van der Waals surface area contributed by atoms with Crippen LogP contribution in [0, 0.1) is 0 Å². The van der Waals surface area contributed by atoms with Crippen LogP contribution in [0.1, 0.15) is 22.3 Å². The maximum atomic E-state index is 13.8. The number of pyridine rings is 3. The Morgan fingerprint density at radius 2 is 1.11 bits per heavy atom. The SMILES string of the molecule is O=C(c1nc(C2=CPCC=C2)nc(-c2cccnc2)n1)c1nc(-c2cccnc2)nc(-c2cccnc2)n1. The van der Waals surface area contributed by atoms with E-state index in [0.29, 0.717) is 48.6 Å². The van der Waals surface area contributed by atoms with E-state index in [9.17, 15) is 4.79 Å². The van der Waals surface area contributed by atoms with Gasteiger partial charge >= 0.3 is 0 Å². The first kappa shape index (κ1) is 23.4. The zero-order valence-electron chi connectivity index (χ0n) is 19.8. The van der Waals surface area contributed by atoms with Crippen LogP contribution in [0.2, 0.25) is 0 Å². The van der Waals surface area contributed by atoms with Crippen molar-refractivity contribution in [3.63, 3.8) is 0 Å². The lowest BCUT2D eigenvalue weighted by molar-refractivity contribution is 0.101. The van der Waals surface area contributed by atoms with Crippen molar-refractivity contribution in [2.24, 2.45) is 0 Å². The number of hydrogen-bond donors (Lipinski definition) is 0. The molecule has 0 fully saturated rings. The molecule has 1 atom stereocenters. The van der Waals surface area contributed by atoms with Crippen molar-refractivity contribution in [1.82, 2.24) is 44.9 Å². The lowest BCUT2D eigenvalue weighted by atomic mass is 10.2. The number of ketones is 1. The summed E-state index contributed by atoms with van der Waals surface area (Å²) < 4.78 is 0. The molecule has 0 amide bonds. The van der Waals surface area contributed by atoms with Crippen LogP contribution >= 0.6 is 8.58 Å². The van der Waals surface area contributed by atoms with Crippen LogP contribution < -0.4 is 0 Å². The van der Waals surface area contributed by atoms with Crippen LogP contribution in [0.5, 0.6) is 0 Å². The molecule has 0 radical (unpaired) electrons. The average molecular weight is 515 g/mol. The Morgan fingerprint density at radius 1 is 0.632 bits per heavy atom. The first-order valence-corrected chi connectivity index (χ1v) is 12.9. The first-order valence-electron chi connectivity index (χ1n) is 11.6. The molecule has 0 aromatic carbocycles. The Morgan fingerprint density at radius 3 is 1.53 bits per heavy atom. The van der Waals surface area contributed by atoms with Gasteiger partial charge in [0.25, 0.3) is 5.78 Å². The number of carbonyl (C=O) groups is 1. The smallest absolute Gasteiger partial charge is 0.267 e. The molecule has 6 heterocycles. The highest BCUT2D eigenvalue weighted by molar-refractivity contribution is 7.42. The summed E-state index contributed by atoms with van der Waals surface area (Å²) >= 11 is 0. The van der Waals surface area contributed by atoms with Gasteiger partial charge in [0.15, 0.2) is 23.3 Å². The predicted octanol–water partition coefficient (Wildman–Crippen LogP) is 4.06. The fraction of sp³-hybridized carbons (Fsp3) is 0.0370. The second-order valence-corrected chi connectivity index (χ2v) is 9.18. The molecular formula is C27H18N9OP. The summed E-state index contributed by atoms with van der Waals surface area (Å²) in [5.41, 5.74) is 2.77. The summed E-state index contributed by atoms with van der Waals surface area (Å²) in [4.78, 5) is 53.5. The van der Waals surface area contributed by atoms with E-state index in [1.54, 1.807) is 55.4 Å². The summed E-state index contributed by atoms with van der Waals surface area (Å²) in [5.74, 6) is 2.69. The molecule has 0 saturated heterocycles. The number of nitrogens with zero attached hydrogens (tertiary/aromatic N) is 9. The Bertz CT molecular complexity index is 1620. The molecular weight excluding hydrogens is 497 g/mol. The maximum Gasteiger partial charge on any atom is 0.267 e. The lowest BCUT2D eigenvalue weighted by Crippen LogP contribution is -2.16. The minimum Gasteiger partial charge on any atom is -0.281 e. The van der Waals surface area contributed by atoms with Crippen molar-refractivity contribution in [2.45, 2.75) is 0 Å². The number of allylic oxidation sites excluding steroid dienone is 3. The van der Waals surface area contributed by atoms with Gasteiger partial charge < -0.3 is 0 Å². The molecule has 0 aliphatic carbocycles. The van der Waals surface area contributed by atoms with Gasteiger partial charge in [-0.1, -0.05) is 26.5 Å². The van der Waals surface area contributed by atoms with E-state index in [1.807, 2.05) is 24.3 Å². The summed E-state index contributed by atoms with van der Waals surface area (Å²) in [5, 5.41) is 0. The highest BCUT2D eigenvalue weighted by Crippen LogP contribution is 2.27. The number of carbonyl (C=O) groups excluding carboxylic acids is 1. The maximum absolute atomic E-state index is 13.8. The molecule has 1 aliphatic heterocycles. The summed E-state index contributed by atoms with van der Waals surface area (Å²) in [7, 11) is 0.608. The van der Waals surface area contributed by atoms with Gasteiger partial charge in [-0.25, -0.2) is 29.9 Å². The number of rotatable bonds is 6. The second kappa shape index (κ2) is 10.6. The van der Waals surface area contributed by atoms with E-state index in [2.05, 4.69) is 56.7 Å². The van der Waals surface area contributed by atoms with Crippen molar-refractivity contribution in [1.29, 1.82) is 0 Å². The Kier molecular flexibility index (Phi) is 6.53. The van der Waals surface area contributed by atoms with Gasteiger partial charge in [0.1, 0.15) is 0 Å². The van der Waals surface area contributed by atoms with Gasteiger partial charge in [-0.3, -0.25) is 19.7 Å². The molecule has 0 N–H and O–H groups in total. The molecule has 0 saturated carbocycles. The topological polar surface area (TPSA) is 133 Å². The van der Waals surface area contributed by atoms with Crippen molar-refractivity contribution >= 4 is 19.9 Å². The van der Waals surface area contributed by atoms with Crippen molar-refractivity contribution in [3.8, 4) is 34.2 Å². The van der Waals surface area contributed by atoms with Gasteiger partial charge in [0.05, 0.1) is 0 Å². The Hall–Kier alpha value is -4.95. The third kappa shape index (κ3) is 4.98. The van der Waals surface area contributed by atoms with Gasteiger partial charge in [-0.2, -0.15) is 0 Å². The van der Waals surface area contributed by atoms with E-state index in [1.165, 1.54) is 0 Å². The summed E-state index contributed by atoms with van der Waals surface area (Å²) in [6.07, 6.45) is 14.9. The molecule has 10 nitrogen and oxygen atoms in total. The fourth-order valence-electron chi connectivity index (χ4n) is 3.67. The molecule has 38 heavy (non-hydrogen) atoms. The van der Waals surface area contributed by atoms with Crippen LogP contribution in [-0.2, 0) is 0 Å². The molecule has 1 unspecified atom stereocenters. The Balaban J connectivity index is 1.50. The minimum absolute atomic E-state index is 0.0717. The van der Waals surface area contributed by atoms with Crippen LogP contribution in [0.25, 0.3) is 39.7 Å². The van der Waals surface area contributed by atoms with E-state index >= 15 is 0 Å². The molecule has 11 heteroatoms. The zero-order chi connectivity index (χ0) is 25.7. The normalized spacial score (nSPS) is 13.3. The van der Waals surface area contributed by atoms with E-state index in [4.69, 9.17) is 0 Å². The molecule has 6 rings (SSSR count). The van der Waals surface area contributed by atoms with E-state index < -0.39 is 5.78 Å². The molecule has 1 aliphatic rings. The number of aromatic nitrogens is 9. The van der Waals surface area contributed by atoms with Gasteiger partial charge in [0.2, 0.25) is 11.6 Å². The van der Waals surface area contributed by atoms with E-state index in [-0.39, 0.29) is 11.6 Å². The van der Waals surface area contributed by atoms with Gasteiger partial charge in [0, 0.05) is 59.4 Å². The molecule has 5 aromatic heterocycles. The minimum atomic E-state index is -0.556. The van der Waals surface area contributed by atoms with Gasteiger partial charge in [-0.05, 0) is 42.6 Å². The largest absolute Gasteiger partial charge is 0.281 e. The van der Waals surface area contributed by atoms with Crippen molar-refractivity contribution in [3.05, 3.63) is 109 Å². The summed E-state index contributed by atoms with van der Waals surface area (Å²) in [6.45, 7) is 0. The molecule has 0 spiro atoms. The second-order valence-electron chi connectivity index (χ2n) is 8.08. The molecule has 5 aromatic rings. The standard InChI is InChI=1S/C27H18N9OP/c37-21(26-33-22(17-5-1-9-28-13-17)31-23(34-26)18-6-2-10-29-14-18)27-35-24(19-7-3-11-30-15-19)32-25(36-27)20-8-4-12-38-16-20/h1-11,13-16,38H,12H2. The van der Waals surface area contributed by atoms with Gasteiger partial charge in [-0.15, -0.1) is 0 Å². The highest BCUT2D eigenvalue weighted by atomic mass is 31.1. The van der Waals surface area contributed by atoms with Crippen molar-refractivity contribution < 1.29 is 4.79 Å². The van der Waals surface area contributed by atoms with Crippen molar-refractivity contribution in [2.75, 3.05) is 6.16 Å². The average Bonchev–Trinajstić information content (AvgIpc) is 3.02. The monoisotopic (exact) mass is 515 g/mol. The number of hydrogen-bond acceptors (Lipinski definition) is 10.